The zero-order valence-electron chi connectivity index (χ0n) is 10.7. The summed E-state index contributed by atoms with van der Waals surface area (Å²) in [5, 5.41) is 11.6. The van der Waals surface area contributed by atoms with Crippen LogP contribution in [-0.2, 0) is 6.42 Å². The summed E-state index contributed by atoms with van der Waals surface area (Å²) in [7, 11) is 1.61. The first-order valence-corrected chi connectivity index (χ1v) is 5.91. The third-order valence-electron chi connectivity index (χ3n) is 2.87. The van der Waals surface area contributed by atoms with Crippen molar-refractivity contribution in [3.05, 3.63) is 35.6 Å². The van der Waals surface area contributed by atoms with Gasteiger partial charge in [-0.3, -0.25) is 0 Å². The Bertz CT molecular complexity index is 398. The number of carbonyl (C=O) groups excluding carboxylic acids is 1. The monoisotopic (exact) mass is 254 g/mol. The van der Waals surface area contributed by atoms with Crippen molar-refractivity contribution in [3.63, 3.8) is 0 Å². The van der Waals surface area contributed by atoms with E-state index < -0.39 is 0 Å². The maximum atomic E-state index is 13.3. The van der Waals surface area contributed by atoms with E-state index in [-0.39, 0.29) is 24.5 Å². The molecule has 1 aromatic rings. The van der Waals surface area contributed by atoms with Gasteiger partial charge in [-0.05, 0) is 25.0 Å². The quantitative estimate of drug-likeness (QED) is 0.834. The third-order valence-corrected chi connectivity index (χ3v) is 2.87. The summed E-state index contributed by atoms with van der Waals surface area (Å²) in [6, 6.07) is 5.99. The van der Waals surface area contributed by atoms with Gasteiger partial charge in [0.25, 0.3) is 0 Å². The van der Waals surface area contributed by atoms with E-state index in [1.54, 1.807) is 32.2 Å². The Morgan fingerprint density at radius 2 is 2.17 bits per heavy atom. The molecule has 1 rings (SSSR count). The number of hydrogen-bond acceptors (Lipinski definition) is 2. The Morgan fingerprint density at radius 3 is 2.78 bits per heavy atom. The molecule has 100 valence electrons. The van der Waals surface area contributed by atoms with Gasteiger partial charge in [-0.15, -0.1) is 0 Å². The summed E-state index contributed by atoms with van der Waals surface area (Å²) in [5.74, 6) is -0.260. The molecular weight excluding hydrogens is 235 g/mol. The van der Waals surface area contributed by atoms with E-state index in [2.05, 4.69) is 5.32 Å². The molecule has 0 heterocycles. The number of hydrogen-bond donors (Lipinski definition) is 2. The second-order valence-electron chi connectivity index (χ2n) is 4.22. The first-order valence-electron chi connectivity index (χ1n) is 5.91. The lowest BCUT2D eigenvalue weighted by Crippen LogP contribution is -2.44. The lowest BCUT2D eigenvalue weighted by Gasteiger charge is -2.23. The van der Waals surface area contributed by atoms with Gasteiger partial charge < -0.3 is 15.3 Å². The SMILES string of the molecule is CC(CO)N(C)C(=O)NCCc1ccccc1F. The normalized spacial score (nSPS) is 12.0. The first kappa shape index (κ1) is 14.4. The average Bonchev–Trinajstić information content (AvgIpc) is 2.39. The van der Waals surface area contributed by atoms with Gasteiger partial charge in [0.1, 0.15) is 5.82 Å². The van der Waals surface area contributed by atoms with Crippen molar-refractivity contribution in [1.29, 1.82) is 0 Å². The molecule has 1 unspecified atom stereocenters. The number of nitrogens with zero attached hydrogens (tertiary/aromatic N) is 1. The molecule has 0 aliphatic rings. The van der Waals surface area contributed by atoms with Crippen LogP contribution < -0.4 is 5.32 Å². The Morgan fingerprint density at radius 1 is 1.50 bits per heavy atom. The van der Waals surface area contributed by atoms with Gasteiger partial charge in [0.05, 0.1) is 12.6 Å². The molecule has 0 spiro atoms. The van der Waals surface area contributed by atoms with Crippen molar-refractivity contribution < 1.29 is 14.3 Å². The number of carbonyl (C=O) groups is 1. The van der Waals surface area contributed by atoms with Gasteiger partial charge in [-0.1, -0.05) is 18.2 Å². The summed E-state index contributed by atoms with van der Waals surface area (Å²) >= 11 is 0. The molecule has 0 aliphatic heterocycles. The van der Waals surface area contributed by atoms with Crippen LogP contribution in [0.15, 0.2) is 24.3 Å². The minimum atomic E-state index is -0.270. The number of amides is 2. The van der Waals surface area contributed by atoms with Gasteiger partial charge in [0.2, 0.25) is 0 Å². The first-order chi connectivity index (χ1) is 8.56. The predicted octanol–water partition coefficient (Wildman–Crippen LogP) is 1.39. The Labute approximate surface area is 106 Å². The fourth-order valence-electron chi connectivity index (χ4n) is 1.45. The summed E-state index contributed by atoms with van der Waals surface area (Å²) in [6.45, 7) is 2.02. The van der Waals surface area contributed by atoms with E-state index in [1.807, 2.05) is 0 Å². The van der Waals surface area contributed by atoms with Crippen LogP contribution in [0.25, 0.3) is 0 Å². The second-order valence-corrected chi connectivity index (χ2v) is 4.22. The van der Waals surface area contributed by atoms with Gasteiger partial charge in [-0.25, -0.2) is 9.18 Å². The molecule has 0 aliphatic carbocycles. The molecule has 0 aromatic heterocycles. The van der Waals surface area contributed by atoms with Crippen molar-refractivity contribution in [1.82, 2.24) is 10.2 Å². The molecule has 0 saturated carbocycles. The molecular formula is C13H19FN2O2. The van der Waals surface area contributed by atoms with Crippen molar-refractivity contribution in [2.75, 3.05) is 20.2 Å². The minimum absolute atomic E-state index is 0.0861. The molecule has 2 N–H and O–H groups in total. The topological polar surface area (TPSA) is 52.6 Å². The van der Waals surface area contributed by atoms with Crippen LogP contribution in [0, 0.1) is 5.82 Å². The fraction of sp³-hybridized carbons (Fsp3) is 0.462. The molecule has 0 radical (unpaired) electrons. The van der Waals surface area contributed by atoms with E-state index in [1.165, 1.54) is 11.0 Å². The molecule has 1 aromatic carbocycles. The van der Waals surface area contributed by atoms with Crippen LogP contribution in [-0.4, -0.2) is 42.3 Å². The van der Waals surface area contributed by atoms with E-state index in [9.17, 15) is 9.18 Å². The maximum absolute atomic E-state index is 13.3. The number of urea groups is 1. The van der Waals surface area contributed by atoms with Gasteiger partial charge >= 0.3 is 6.03 Å². The van der Waals surface area contributed by atoms with Crippen molar-refractivity contribution in [3.8, 4) is 0 Å². The summed E-state index contributed by atoms with van der Waals surface area (Å²) in [4.78, 5) is 13.0. The zero-order valence-corrected chi connectivity index (χ0v) is 10.7. The lowest BCUT2D eigenvalue weighted by atomic mass is 10.1. The van der Waals surface area contributed by atoms with Crippen LogP contribution >= 0.6 is 0 Å². The predicted molar refractivity (Wildman–Crippen MR) is 67.8 cm³/mol. The zero-order chi connectivity index (χ0) is 13.5. The number of nitrogens with one attached hydrogen (secondary N) is 1. The molecule has 5 heteroatoms. The van der Waals surface area contributed by atoms with Crippen molar-refractivity contribution in [2.45, 2.75) is 19.4 Å². The number of halogens is 1. The largest absolute Gasteiger partial charge is 0.394 e. The average molecular weight is 254 g/mol. The molecule has 1 atom stereocenters. The van der Waals surface area contributed by atoms with E-state index in [0.29, 0.717) is 18.5 Å². The smallest absolute Gasteiger partial charge is 0.317 e. The van der Waals surface area contributed by atoms with E-state index in [4.69, 9.17) is 5.11 Å². The Balaban J connectivity index is 2.38. The number of aliphatic hydroxyl groups excluding tert-OH is 1. The molecule has 4 nitrogen and oxygen atoms in total. The van der Waals surface area contributed by atoms with E-state index >= 15 is 0 Å². The molecule has 0 bridgehead atoms. The highest BCUT2D eigenvalue weighted by Gasteiger charge is 2.13. The summed E-state index contributed by atoms with van der Waals surface area (Å²) < 4.78 is 13.3. The van der Waals surface area contributed by atoms with Crippen LogP contribution in [0.2, 0.25) is 0 Å². The molecule has 2 amide bonds. The minimum Gasteiger partial charge on any atom is -0.394 e. The number of likely N-dealkylation sites (N-methyl/N-ethyl adjacent to an activating group) is 1. The maximum Gasteiger partial charge on any atom is 0.317 e. The number of aliphatic hydroxyl groups is 1. The number of benzene rings is 1. The van der Waals surface area contributed by atoms with Gasteiger partial charge in [-0.2, -0.15) is 0 Å². The van der Waals surface area contributed by atoms with Crippen molar-refractivity contribution in [2.24, 2.45) is 0 Å². The lowest BCUT2D eigenvalue weighted by molar-refractivity contribution is 0.157. The van der Waals surface area contributed by atoms with Crippen LogP contribution in [0.3, 0.4) is 0 Å². The Kier molecular flexibility index (Phi) is 5.58. The highest BCUT2D eigenvalue weighted by atomic mass is 19.1. The number of rotatable bonds is 5. The molecule has 18 heavy (non-hydrogen) atoms. The second kappa shape index (κ2) is 6.96. The fourth-order valence-corrected chi connectivity index (χ4v) is 1.45. The van der Waals surface area contributed by atoms with E-state index in [0.717, 1.165) is 0 Å². The van der Waals surface area contributed by atoms with Crippen molar-refractivity contribution >= 4 is 6.03 Å². The van der Waals surface area contributed by atoms with Gasteiger partial charge in [0, 0.05) is 13.6 Å². The van der Waals surface area contributed by atoms with Crippen LogP contribution in [0.4, 0.5) is 9.18 Å². The van der Waals surface area contributed by atoms with Gasteiger partial charge in [0.15, 0.2) is 0 Å². The third kappa shape index (κ3) is 4.00. The summed E-state index contributed by atoms with van der Waals surface area (Å²) in [6.07, 6.45) is 0.444. The highest BCUT2D eigenvalue weighted by Crippen LogP contribution is 2.06. The van der Waals surface area contributed by atoms with Crippen LogP contribution in [0.1, 0.15) is 12.5 Å². The van der Waals surface area contributed by atoms with Crippen LogP contribution in [0.5, 0.6) is 0 Å². The Hall–Kier alpha value is -1.62. The summed E-state index contributed by atoms with van der Waals surface area (Å²) in [5.41, 5.74) is 0.579. The molecule has 0 fully saturated rings. The highest BCUT2D eigenvalue weighted by molar-refractivity contribution is 5.74. The molecule has 0 saturated heterocycles. The standard InChI is InChI=1S/C13H19FN2O2/c1-10(9-17)16(2)13(18)15-8-7-11-5-3-4-6-12(11)14/h3-6,10,17H,7-9H2,1-2H3,(H,15,18).